The SMILES string of the molecule is C=CC(=O)O.O=C(O)c1ccccc1Cl. The van der Waals surface area contributed by atoms with E-state index in [0.29, 0.717) is 0 Å². The molecule has 0 unspecified atom stereocenters. The summed E-state index contributed by atoms with van der Waals surface area (Å²) in [5.74, 6) is -1.98. The fourth-order valence-electron chi connectivity index (χ4n) is 0.635. The summed E-state index contributed by atoms with van der Waals surface area (Å²) in [6.45, 7) is 2.96. The number of hydrogen-bond acceptors (Lipinski definition) is 2. The van der Waals surface area contributed by atoms with Gasteiger partial charge in [-0.25, -0.2) is 9.59 Å². The van der Waals surface area contributed by atoms with Crippen LogP contribution in [0.2, 0.25) is 5.02 Å². The summed E-state index contributed by atoms with van der Waals surface area (Å²) < 4.78 is 0. The zero-order chi connectivity index (χ0) is 11.8. The fourth-order valence-corrected chi connectivity index (χ4v) is 0.851. The van der Waals surface area contributed by atoms with Crippen molar-refractivity contribution in [3.05, 3.63) is 47.5 Å². The van der Waals surface area contributed by atoms with E-state index in [0.717, 1.165) is 6.08 Å². The van der Waals surface area contributed by atoms with E-state index in [2.05, 4.69) is 6.58 Å². The maximum absolute atomic E-state index is 10.3. The number of halogens is 1. The van der Waals surface area contributed by atoms with Gasteiger partial charge in [0.25, 0.3) is 0 Å². The molecule has 0 bridgehead atoms. The first-order chi connectivity index (χ1) is 6.99. The third kappa shape index (κ3) is 5.49. The molecule has 0 aliphatic rings. The Morgan fingerprint density at radius 2 is 1.73 bits per heavy atom. The molecule has 0 aliphatic heterocycles. The molecule has 0 heterocycles. The quantitative estimate of drug-likeness (QED) is 0.762. The van der Waals surface area contributed by atoms with Crippen molar-refractivity contribution < 1.29 is 19.8 Å². The molecule has 0 aromatic heterocycles. The molecule has 1 aromatic carbocycles. The first kappa shape index (κ1) is 13.2. The Labute approximate surface area is 91.4 Å². The van der Waals surface area contributed by atoms with E-state index >= 15 is 0 Å². The van der Waals surface area contributed by atoms with Crippen LogP contribution in [-0.4, -0.2) is 22.2 Å². The van der Waals surface area contributed by atoms with Gasteiger partial charge in [0.05, 0.1) is 10.6 Å². The Morgan fingerprint density at radius 1 is 1.27 bits per heavy atom. The van der Waals surface area contributed by atoms with Crippen molar-refractivity contribution in [3.8, 4) is 0 Å². The van der Waals surface area contributed by atoms with Gasteiger partial charge in [-0.1, -0.05) is 30.3 Å². The molecule has 0 saturated carbocycles. The molecular formula is C10H9ClO4. The van der Waals surface area contributed by atoms with Crippen LogP contribution >= 0.6 is 11.6 Å². The third-order valence-electron chi connectivity index (χ3n) is 1.28. The molecule has 0 fully saturated rings. The smallest absolute Gasteiger partial charge is 0.337 e. The standard InChI is InChI=1S/C7H5ClO2.C3H4O2/c8-6-4-2-1-3-5(6)7(9)10;1-2-3(4)5/h1-4H,(H,9,10);2H,1H2,(H,4,5). The van der Waals surface area contributed by atoms with Gasteiger partial charge in [0.2, 0.25) is 0 Å². The van der Waals surface area contributed by atoms with Crippen LogP contribution in [0.15, 0.2) is 36.9 Å². The van der Waals surface area contributed by atoms with Crippen molar-refractivity contribution in [2.45, 2.75) is 0 Å². The molecular weight excluding hydrogens is 220 g/mol. The number of rotatable bonds is 2. The fraction of sp³-hybridized carbons (Fsp3) is 0. The largest absolute Gasteiger partial charge is 0.478 e. The van der Waals surface area contributed by atoms with Crippen LogP contribution in [0.4, 0.5) is 0 Å². The van der Waals surface area contributed by atoms with Gasteiger partial charge < -0.3 is 10.2 Å². The zero-order valence-corrected chi connectivity index (χ0v) is 8.44. The van der Waals surface area contributed by atoms with Gasteiger partial charge in [-0.3, -0.25) is 0 Å². The number of aliphatic carboxylic acids is 1. The summed E-state index contributed by atoms with van der Waals surface area (Å²) >= 11 is 5.54. The van der Waals surface area contributed by atoms with Crippen molar-refractivity contribution in [1.29, 1.82) is 0 Å². The molecule has 15 heavy (non-hydrogen) atoms. The minimum atomic E-state index is -0.995. The highest BCUT2D eigenvalue weighted by Gasteiger charge is 2.04. The normalized spacial score (nSPS) is 8.33. The maximum Gasteiger partial charge on any atom is 0.337 e. The van der Waals surface area contributed by atoms with Gasteiger partial charge in [-0.15, -0.1) is 0 Å². The molecule has 0 aliphatic carbocycles. The summed E-state index contributed by atoms with van der Waals surface area (Å²) in [4.78, 5) is 19.6. The Hall–Kier alpha value is -1.81. The van der Waals surface area contributed by atoms with Crippen LogP contribution in [0.1, 0.15) is 10.4 Å². The Morgan fingerprint density at radius 3 is 2.00 bits per heavy atom. The second-order valence-electron chi connectivity index (χ2n) is 2.33. The maximum atomic E-state index is 10.3. The van der Waals surface area contributed by atoms with Crippen molar-refractivity contribution in [3.63, 3.8) is 0 Å². The highest BCUT2D eigenvalue weighted by atomic mass is 35.5. The predicted molar refractivity (Wildman–Crippen MR) is 56.2 cm³/mol. The number of carbonyl (C=O) groups is 2. The molecule has 1 aromatic rings. The monoisotopic (exact) mass is 228 g/mol. The average Bonchev–Trinajstić information content (AvgIpc) is 2.19. The molecule has 5 heteroatoms. The molecule has 0 radical (unpaired) electrons. The van der Waals surface area contributed by atoms with E-state index in [1.165, 1.54) is 6.07 Å². The summed E-state index contributed by atoms with van der Waals surface area (Å²) in [5.41, 5.74) is 0.143. The molecule has 0 amide bonds. The Bertz CT molecular complexity index is 373. The summed E-state index contributed by atoms with van der Waals surface area (Å²) in [7, 11) is 0. The van der Waals surface area contributed by atoms with Crippen molar-refractivity contribution >= 4 is 23.5 Å². The Balaban J connectivity index is 0.000000336. The van der Waals surface area contributed by atoms with Crippen molar-refractivity contribution in [2.24, 2.45) is 0 Å². The van der Waals surface area contributed by atoms with Crippen LogP contribution in [0.25, 0.3) is 0 Å². The molecule has 4 nitrogen and oxygen atoms in total. The van der Waals surface area contributed by atoms with E-state index in [1.807, 2.05) is 0 Å². The number of benzene rings is 1. The average molecular weight is 229 g/mol. The minimum Gasteiger partial charge on any atom is -0.478 e. The lowest BCUT2D eigenvalue weighted by atomic mass is 10.2. The predicted octanol–water partition coefficient (Wildman–Crippen LogP) is 2.30. The number of aromatic carboxylic acids is 1. The molecule has 0 spiro atoms. The van der Waals surface area contributed by atoms with Gasteiger partial charge in [0.15, 0.2) is 0 Å². The number of carboxylic acid groups (broad SMARTS) is 2. The Kier molecular flexibility index (Phi) is 5.82. The lowest BCUT2D eigenvalue weighted by molar-refractivity contribution is -0.131. The zero-order valence-electron chi connectivity index (χ0n) is 7.68. The van der Waals surface area contributed by atoms with Crippen LogP contribution < -0.4 is 0 Å². The second-order valence-corrected chi connectivity index (χ2v) is 2.73. The summed E-state index contributed by atoms with van der Waals surface area (Å²) in [6.07, 6.45) is 0.833. The lowest BCUT2D eigenvalue weighted by Gasteiger charge is -1.94. The number of hydrogen-bond donors (Lipinski definition) is 2. The van der Waals surface area contributed by atoms with Crippen LogP contribution in [-0.2, 0) is 4.79 Å². The van der Waals surface area contributed by atoms with Crippen LogP contribution in [0, 0.1) is 0 Å². The molecule has 0 atom stereocenters. The van der Waals surface area contributed by atoms with Crippen LogP contribution in [0.5, 0.6) is 0 Å². The van der Waals surface area contributed by atoms with Gasteiger partial charge in [-0.05, 0) is 12.1 Å². The van der Waals surface area contributed by atoms with E-state index < -0.39 is 11.9 Å². The summed E-state index contributed by atoms with van der Waals surface area (Å²) in [5, 5.41) is 16.4. The van der Waals surface area contributed by atoms with Gasteiger partial charge in [0, 0.05) is 6.08 Å². The second kappa shape index (κ2) is 6.62. The first-order valence-electron chi connectivity index (χ1n) is 3.82. The molecule has 1 rings (SSSR count). The summed E-state index contributed by atoms with van der Waals surface area (Å²) in [6, 6.07) is 6.33. The highest BCUT2D eigenvalue weighted by molar-refractivity contribution is 6.33. The third-order valence-corrected chi connectivity index (χ3v) is 1.61. The first-order valence-corrected chi connectivity index (χ1v) is 4.20. The van der Waals surface area contributed by atoms with Gasteiger partial charge in [-0.2, -0.15) is 0 Å². The topological polar surface area (TPSA) is 74.6 Å². The lowest BCUT2D eigenvalue weighted by Crippen LogP contribution is -1.95. The minimum absolute atomic E-state index is 0.143. The van der Waals surface area contributed by atoms with Crippen molar-refractivity contribution in [1.82, 2.24) is 0 Å². The van der Waals surface area contributed by atoms with E-state index in [4.69, 9.17) is 21.8 Å². The van der Waals surface area contributed by atoms with E-state index in [9.17, 15) is 9.59 Å². The molecule has 0 saturated heterocycles. The molecule has 80 valence electrons. The van der Waals surface area contributed by atoms with Crippen LogP contribution in [0.3, 0.4) is 0 Å². The van der Waals surface area contributed by atoms with Gasteiger partial charge >= 0.3 is 11.9 Å². The number of carboxylic acids is 2. The van der Waals surface area contributed by atoms with Crippen molar-refractivity contribution in [2.75, 3.05) is 0 Å². The van der Waals surface area contributed by atoms with E-state index in [-0.39, 0.29) is 10.6 Å². The van der Waals surface area contributed by atoms with E-state index in [1.54, 1.807) is 18.2 Å². The molecule has 2 N–H and O–H groups in total. The highest BCUT2D eigenvalue weighted by Crippen LogP contribution is 2.13. The van der Waals surface area contributed by atoms with Gasteiger partial charge in [0.1, 0.15) is 0 Å².